The van der Waals surface area contributed by atoms with Crippen molar-refractivity contribution in [3.63, 3.8) is 0 Å². The molecule has 1 fully saturated rings. The fourth-order valence-electron chi connectivity index (χ4n) is 5.77. The number of carbonyl (C=O) groups excluding carboxylic acids is 1. The number of aromatic nitrogens is 4. The van der Waals surface area contributed by atoms with E-state index in [9.17, 15) is 27.1 Å². The second kappa shape index (κ2) is 10.7. The number of primary amides is 1. The molecule has 0 radical (unpaired) electrons. The van der Waals surface area contributed by atoms with Gasteiger partial charge in [0.1, 0.15) is 11.6 Å². The van der Waals surface area contributed by atoms with Gasteiger partial charge in [-0.15, -0.1) is 0 Å². The minimum Gasteiger partial charge on any atom is -0.386 e. The Bertz CT molecular complexity index is 2030. The smallest absolute Gasteiger partial charge is 0.231 e. The number of hydrogen-bond acceptors (Lipinski definition) is 9. The van der Waals surface area contributed by atoms with Crippen molar-refractivity contribution >= 4 is 59.5 Å². The van der Waals surface area contributed by atoms with Gasteiger partial charge in [-0.2, -0.15) is 10.1 Å². The molecule has 0 saturated carbocycles. The minimum atomic E-state index is -3.63. The van der Waals surface area contributed by atoms with Crippen LogP contribution < -0.4 is 15.4 Å². The van der Waals surface area contributed by atoms with E-state index in [1.807, 2.05) is 17.0 Å². The molecule has 5 aromatic rings. The van der Waals surface area contributed by atoms with Crippen molar-refractivity contribution in [1.82, 2.24) is 19.7 Å². The zero-order chi connectivity index (χ0) is 31.6. The third-order valence-electron chi connectivity index (χ3n) is 7.41. The monoisotopic (exact) mass is 641 g/mol. The molecule has 1 saturated heterocycles. The molecule has 11 nitrogen and oxygen atoms in total. The van der Waals surface area contributed by atoms with Crippen LogP contribution in [-0.4, -0.2) is 64.1 Å². The number of aliphatic hydroxyl groups is 1. The van der Waals surface area contributed by atoms with Gasteiger partial charge in [-0.05, 0) is 43.2 Å². The van der Waals surface area contributed by atoms with Crippen LogP contribution in [0.1, 0.15) is 30.5 Å². The number of β-amino-alcohol motifs (C(OH)–C–C–N with tert-alkyl or cyclic N) is 1. The van der Waals surface area contributed by atoms with Crippen molar-refractivity contribution in [1.29, 1.82) is 0 Å². The van der Waals surface area contributed by atoms with E-state index in [4.69, 9.17) is 15.7 Å². The Kier molecular flexibility index (Phi) is 7.29. The Morgan fingerprint density at radius 1 is 1.16 bits per heavy atom. The zero-order valence-corrected chi connectivity index (χ0v) is 25.6. The number of pyridine rings is 1. The summed E-state index contributed by atoms with van der Waals surface area (Å²) in [6, 6.07) is 10.4. The molecule has 0 aliphatic carbocycles. The average Bonchev–Trinajstić information content (AvgIpc) is 3.44. The van der Waals surface area contributed by atoms with Crippen molar-refractivity contribution in [3.8, 4) is 11.1 Å². The van der Waals surface area contributed by atoms with Gasteiger partial charge in [0.25, 0.3) is 0 Å². The van der Waals surface area contributed by atoms with E-state index in [-0.39, 0.29) is 18.7 Å². The van der Waals surface area contributed by atoms with E-state index in [2.05, 4.69) is 9.82 Å². The number of thiazole rings is 1. The molecule has 4 N–H and O–H groups in total. The van der Waals surface area contributed by atoms with Gasteiger partial charge in [0, 0.05) is 42.0 Å². The largest absolute Gasteiger partial charge is 0.386 e. The Morgan fingerprint density at radius 2 is 1.86 bits per heavy atom. The van der Waals surface area contributed by atoms with Crippen LogP contribution in [0.4, 0.5) is 19.7 Å². The van der Waals surface area contributed by atoms with E-state index in [1.165, 1.54) is 23.5 Å². The van der Waals surface area contributed by atoms with Crippen molar-refractivity contribution < 1.29 is 27.1 Å². The third kappa shape index (κ3) is 5.94. The van der Waals surface area contributed by atoms with Crippen LogP contribution >= 0.6 is 11.3 Å². The molecule has 0 bridgehead atoms. The quantitative estimate of drug-likeness (QED) is 0.220. The van der Waals surface area contributed by atoms with Gasteiger partial charge in [-0.1, -0.05) is 23.5 Å². The number of aryl methyl sites for hydroxylation is 1. The Hall–Kier alpha value is -4.21. The maximum atomic E-state index is 14.2. The van der Waals surface area contributed by atoms with Crippen LogP contribution in [0, 0.1) is 11.6 Å². The number of halogens is 2. The van der Waals surface area contributed by atoms with Crippen LogP contribution in [0.2, 0.25) is 0 Å². The fraction of sp³-hybridized carbons (Fsp3) is 0.310. The van der Waals surface area contributed by atoms with E-state index >= 15 is 0 Å². The van der Waals surface area contributed by atoms with Gasteiger partial charge in [-0.25, -0.2) is 22.2 Å². The summed E-state index contributed by atoms with van der Waals surface area (Å²) in [6.07, 6.45) is 0.922. The molecule has 6 rings (SSSR count). The summed E-state index contributed by atoms with van der Waals surface area (Å²) < 4.78 is 57.2. The highest BCUT2D eigenvalue weighted by Crippen LogP contribution is 2.42. The van der Waals surface area contributed by atoms with E-state index in [1.54, 1.807) is 30.8 Å². The van der Waals surface area contributed by atoms with Crippen molar-refractivity contribution in [2.45, 2.75) is 31.3 Å². The fourth-order valence-corrected chi connectivity index (χ4v) is 7.21. The van der Waals surface area contributed by atoms with Crippen LogP contribution in [0.5, 0.6) is 0 Å². The molecule has 230 valence electrons. The number of para-hydroxylation sites is 1. The Labute approximate surface area is 255 Å². The van der Waals surface area contributed by atoms with Crippen molar-refractivity contribution in [2.24, 2.45) is 12.8 Å². The average molecular weight is 642 g/mol. The second-order valence-electron chi connectivity index (χ2n) is 11.5. The summed E-state index contributed by atoms with van der Waals surface area (Å²) >= 11 is 1.39. The predicted molar refractivity (Wildman–Crippen MR) is 165 cm³/mol. The topological polar surface area (TPSA) is 156 Å². The van der Waals surface area contributed by atoms with Crippen molar-refractivity contribution in [2.75, 3.05) is 29.0 Å². The molecule has 15 heteroatoms. The number of fused-ring (bicyclic) bond motifs is 2. The number of rotatable bonds is 9. The zero-order valence-electron chi connectivity index (χ0n) is 24.0. The normalized spacial score (nSPS) is 15.5. The Morgan fingerprint density at radius 3 is 2.50 bits per heavy atom. The summed E-state index contributed by atoms with van der Waals surface area (Å²) in [5.41, 5.74) is 7.86. The van der Waals surface area contributed by atoms with E-state index < -0.39 is 39.1 Å². The van der Waals surface area contributed by atoms with Gasteiger partial charge in [-0.3, -0.25) is 14.2 Å². The van der Waals surface area contributed by atoms with Gasteiger partial charge in [0.2, 0.25) is 15.9 Å². The molecule has 44 heavy (non-hydrogen) atoms. The lowest BCUT2D eigenvalue weighted by atomic mass is 9.87. The first-order valence-electron chi connectivity index (χ1n) is 13.6. The SMILES string of the molecule is Cn1nc(NS(C)(=O)=O)c2cccc(-c3cc4sc(N5CC(C)(O)C5)nc4nc3[C@H](CC(N)=O)Cc3cc(F)cc(F)c3)c21. The molecule has 1 atom stereocenters. The molecule has 1 aliphatic heterocycles. The molecular weight excluding hydrogens is 612 g/mol. The molecule has 0 spiro atoms. The Balaban J connectivity index is 1.57. The highest BCUT2D eigenvalue weighted by molar-refractivity contribution is 7.92. The summed E-state index contributed by atoms with van der Waals surface area (Å²) in [7, 11) is -1.95. The lowest BCUT2D eigenvalue weighted by Crippen LogP contribution is -2.60. The van der Waals surface area contributed by atoms with Gasteiger partial charge < -0.3 is 15.7 Å². The highest BCUT2D eigenvalue weighted by Gasteiger charge is 2.38. The maximum absolute atomic E-state index is 14.2. The third-order valence-corrected chi connectivity index (χ3v) is 9.03. The van der Waals surface area contributed by atoms with Crippen LogP contribution in [0.3, 0.4) is 0 Å². The number of nitrogens with zero attached hydrogens (tertiary/aromatic N) is 5. The molecule has 3 aromatic heterocycles. The number of sulfonamides is 1. The molecular formula is C29H29F2N7O4S2. The predicted octanol–water partition coefficient (Wildman–Crippen LogP) is 3.67. The summed E-state index contributed by atoms with van der Waals surface area (Å²) in [6.45, 7) is 2.56. The number of carbonyl (C=O) groups is 1. The van der Waals surface area contributed by atoms with Gasteiger partial charge in [0.05, 0.1) is 40.9 Å². The lowest BCUT2D eigenvalue weighted by molar-refractivity contribution is -0.118. The number of amides is 1. The first kappa shape index (κ1) is 29.8. The number of nitrogens with two attached hydrogens (primary N) is 1. The molecule has 1 aliphatic rings. The maximum Gasteiger partial charge on any atom is 0.231 e. The van der Waals surface area contributed by atoms with E-state index in [0.29, 0.717) is 57.2 Å². The minimum absolute atomic E-state index is 0.0529. The van der Waals surface area contributed by atoms with Gasteiger partial charge >= 0.3 is 0 Å². The van der Waals surface area contributed by atoms with Crippen molar-refractivity contribution in [3.05, 3.63) is 65.4 Å². The van der Waals surface area contributed by atoms with E-state index in [0.717, 1.165) is 17.0 Å². The van der Waals surface area contributed by atoms with Crippen LogP contribution in [0.25, 0.3) is 32.4 Å². The number of benzene rings is 2. The molecule has 2 aromatic carbocycles. The first-order valence-corrected chi connectivity index (χ1v) is 16.3. The summed E-state index contributed by atoms with van der Waals surface area (Å²) in [5, 5.41) is 15.9. The highest BCUT2D eigenvalue weighted by atomic mass is 32.2. The first-order chi connectivity index (χ1) is 20.7. The van der Waals surface area contributed by atoms with Crippen LogP contribution in [0.15, 0.2) is 42.5 Å². The molecule has 0 unspecified atom stereocenters. The number of anilines is 2. The van der Waals surface area contributed by atoms with Crippen LogP contribution in [-0.2, 0) is 28.3 Å². The summed E-state index contributed by atoms with van der Waals surface area (Å²) in [5.74, 6) is -2.67. The molecule has 1 amide bonds. The number of nitrogens with one attached hydrogen (secondary N) is 1. The standard InChI is InChI=1S/C29H29F2N7O4S2/c1-29(40)13-38(14-29)28-34-27-22(43-28)12-21(19-5-4-6-20-25(19)37(2)35-26(20)36-44(3,41)42)24(33-27)16(10-23(32)39)7-15-8-17(30)11-18(31)9-15/h4-6,8-9,11-12,16,40H,7,10,13-14H2,1-3H3,(H2,32,39)(H,35,36)/t16-/m0/s1. The second-order valence-corrected chi connectivity index (χ2v) is 14.2. The lowest BCUT2D eigenvalue weighted by Gasteiger charge is -2.43. The molecule has 4 heterocycles. The summed E-state index contributed by atoms with van der Waals surface area (Å²) in [4.78, 5) is 23.9. The van der Waals surface area contributed by atoms with Gasteiger partial charge in [0.15, 0.2) is 16.6 Å². The number of hydrogen-bond donors (Lipinski definition) is 3.